The summed E-state index contributed by atoms with van der Waals surface area (Å²) in [7, 11) is 0. The van der Waals surface area contributed by atoms with E-state index in [0.717, 1.165) is 15.4 Å². The molecule has 100 valence electrons. The molecule has 0 spiro atoms. The summed E-state index contributed by atoms with van der Waals surface area (Å²) in [4.78, 5) is 16.0. The Labute approximate surface area is 124 Å². The number of aromatic nitrogens is 2. The third kappa shape index (κ3) is 2.72. The minimum Gasteiger partial charge on any atom is -0.338 e. The molecular formula is C15H12BrN3O. The summed E-state index contributed by atoms with van der Waals surface area (Å²) in [6, 6.07) is 11.6. The van der Waals surface area contributed by atoms with Gasteiger partial charge in [0, 0.05) is 22.4 Å². The fraction of sp³-hybridized carbons (Fsp3) is 0.0667. The molecule has 2 aromatic heterocycles. The number of carbonyl (C=O) groups is 1. The lowest BCUT2D eigenvalue weighted by Crippen LogP contribution is -2.18. The van der Waals surface area contributed by atoms with Crippen LogP contribution >= 0.6 is 15.9 Å². The van der Waals surface area contributed by atoms with Crippen LogP contribution in [-0.2, 0) is 11.3 Å². The van der Waals surface area contributed by atoms with Crippen LogP contribution in [0.3, 0.4) is 0 Å². The smallest absolute Gasteiger partial charge is 0.244 e. The van der Waals surface area contributed by atoms with Crippen LogP contribution in [0.15, 0.2) is 59.5 Å². The van der Waals surface area contributed by atoms with Crippen molar-refractivity contribution >= 4 is 38.4 Å². The van der Waals surface area contributed by atoms with Gasteiger partial charge in [0.2, 0.25) is 5.91 Å². The lowest BCUT2D eigenvalue weighted by molar-refractivity contribution is -0.116. The monoisotopic (exact) mass is 329 g/mol. The van der Waals surface area contributed by atoms with E-state index in [1.165, 1.54) is 0 Å². The molecular weight excluding hydrogens is 318 g/mol. The van der Waals surface area contributed by atoms with E-state index in [1.807, 2.05) is 41.1 Å². The van der Waals surface area contributed by atoms with Crippen molar-refractivity contribution in [3.05, 3.63) is 59.5 Å². The van der Waals surface area contributed by atoms with Gasteiger partial charge >= 0.3 is 0 Å². The van der Waals surface area contributed by atoms with Crippen LogP contribution in [0, 0.1) is 0 Å². The van der Waals surface area contributed by atoms with Crippen molar-refractivity contribution < 1.29 is 4.79 Å². The van der Waals surface area contributed by atoms with E-state index >= 15 is 0 Å². The summed E-state index contributed by atoms with van der Waals surface area (Å²) in [5.41, 5.74) is 1.73. The maximum atomic E-state index is 12.0. The Morgan fingerprint density at radius 1 is 1.30 bits per heavy atom. The lowest BCUT2D eigenvalue weighted by atomic mass is 10.2. The molecule has 4 nitrogen and oxygen atoms in total. The number of rotatable bonds is 3. The van der Waals surface area contributed by atoms with Crippen LogP contribution in [0.25, 0.3) is 10.9 Å². The number of anilines is 1. The molecule has 3 rings (SSSR count). The molecule has 1 N–H and O–H groups in total. The number of nitrogens with zero attached hydrogens (tertiary/aromatic N) is 2. The summed E-state index contributed by atoms with van der Waals surface area (Å²) in [6.45, 7) is 0.273. The van der Waals surface area contributed by atoms with Crippen LogP contribution in [0.4, 0.5) is 5.69 Å². The van der Waals surface area contributed by atoms with Gasteiger partial charge in [-0.15, -0.1) is 0 Å². The normalized spacial score (nSPS) is 10.7. The molecule has 1 amide bonds. The van der Waals surface area contributed by atoms with Gasteiger partial charge in [-0.1, -0.05) is 22.0 Å². The van der Waals surface area contributed by atoms with E-state index in [0.29, 0.717) is 5.69 Å². The molecule has 1 aromatic carbocycles. The van der Waals surface area contributed by atoms with Crippen LogP contribution in [0.1, 0.15) is 0 Å². The first kappa shape index (κ1) is 12.9. The minimum atomic E-state index is -0.0736. The molecule has 3 aromatic rings. The van der Waals surface area contributed by atoms with E-state index in [9.17, 15) is 4.79 Å². The molecule has 2 heterocycles. The molecule has 20 heavy (non-hydrogen) atoms. The highest BCUT2D eigenvalue weighted by Gasteiger charge is 2.07. The summed E-state index contributed by atoms with van der Waals surface area (Å²) in [6.07, 6.45) is 5.22. The fourth-order valence-corrected chi connectivity index (χ4v) is 2.44. The molecule has 0 bridgehead atoms. The Balaban J connectivity index is 1.79. The van der Waals surface area contributed by atoms with Gasteiger partial charge in [0.25, 0.3) is 0 Å². The summed E-state index contributed by atoms with van der Waals surface area (Å²) in [5.74, 6) is -0.0736. The fourth-order valence-electron chi connectivity index (χ4n) is 2.09. The van der Waals surface area contributed by atoms with Crippen LogP contribution < -0.4 is 5.32 Å². The molecule has 0 atom stereocenters. The van der Waals surface area contributed by atoms with Gasteiger partial charge in [-0.3, -0.25) is 9.78 Å². The topological polar surface area (TPSA) is 46.9 Å². The average molecular weight is 330 g/mol. The van der Waals surface area contributed by atoms with Gasteiger partial charge in [0.1, 0.15) is 6.54 Å². The highest BCUT2D eigenvalue weighted by atomic mass is 79.9. The first-order chi connectivity index (χ1) is 9.72. The van der Waals surface area contributed by atoms with Crippen molar-refractivity contribution in [1.82, 2.24) is 9.55 Å². The van der Waals surface area contributed by atoms with Gasteiger partial charge in [-0.05, 0) is 35.7 Å². The van der Waals surface area contributed by atoms with E-state index < -0.39 is 0 Å². The molecule has 0 radical (unpaired) electrons. The van der Waals surface area contributed by atoms with Crippen molar-refractivity contribution in [2.24, 2.45) is 0 Å². The van der Waals surface area contributed by atoms with Crippen molar-refractivity contribution in [2.75, 3.05) is 5.32 Å². The molecule has 0 aliphatic heterocycles. The molecule has 0 saturated carbocycles. The zero-order chi connectivity index (χ0) is 13.9. The van der Waals surface area contributed by atoms with Crippen molar-refractivity contribution in [1.29, 1.82) is 0 Å². The molecule has 0 aliphatic rings. The minimum absolute atomic E-state index is 0.0736. The van der Waals surface area contributed by atoms with E-state index in [4.69, 9.17) is 0 Å². The largest absolute Gasteiger partial charge is 0.338 e. The Morgan fingerprint density at radius 2 is 2.20 bits per heavy atom. The predicted molar refractivity (Wildman–Crippen MR) is 82.5 cm³/mol. The third-order valence-electron chi connectivity index (χ3n) is 3.00. The molecule has 0 unspecified atom stereocenters. The number of halogens is 1. The standard InChI is InChI=1S/C15H12BrN3O/c16-12-4-3-11-5-7-19(14(11)8-12)10-15(20)18-13-2-1-6-17-9-13/h1-9H,10H2,(H,18,20). The molecule has 0 saturated heterocycles. The zero-order valence-electron chi connectivity index (χ0n) is 10.6. The van der Waals surface area contributed by atoms with Gasteiger partial charge < -0.3 is 9.88 Å². The maximum absolute atomic E-state index is 12.0. The number of hydrogen-bond acceptors (Lipinski definition) is 2. The Kier molecular flexibility index (Phi) is 3.52. The Bertz CT molecular complexity index is 752. The van der Waals surface area contributed by atoms with E-state index in [2.05, 4.69) is 26.2 Å². The zero-order valence-corrected chi connectivity index (χ0v) is 12.2. The first-order valence-corrected chi connectivity index (χ1v) is 6.96. The second-order valence-electron chi connectivity index (χ2n) is 4.44. The number of hydrogen-bond donors (Lipinski definition) is 1. The summed E-state index contributed by atoms with van der Waals surface area (Å²) < 4.78 is 2.92. The van der Waals surface area contributed by atoms with Gasteiger partial charge in [-0.2, -0.15) is 0 Å². The quantitative estimate of drug-likeness (QED) is 0.800. The number of benzene rings is 1. The number of pyridine rings is 1. The first-order valence-electron chi connectivity index (χ1n) is 6.17. The number of carbonyl (C=O) groups excluding carboxylic acids is 1. The van der Waals surface area contributed by atoms with Crippen molar-refractivity contribution in [3.8, 4) is 0 Å². The molecule has 0 fully saturated rings. The predicted octanol–water partition coefficient (Wildman–Crippen LogP) is 3.44. The van der Waals surface area contributed by atoms with Crippen molar-refractivity contribution in [3.63, 3.8) is 0 Å². The number of nitrogens with one attached hydrogen (secondary N) is 1. The SMILES string of the molecule is O=C(Cn1ccc2ccc(Br)cc21)Nc1cccnc1. The van der Waals surface area contributed by atoms with Gasteiger partial charge in [-0.25, -0.2) is 0 Å². The Hall–Kier alpha value is -2.14. The average Bonchev–Trinajstić information content (AvgIpc) is 2.82. The summed E-state index contributed by atoms with van der Waals surface area (Å²) in [5, 5.41) is 3.94. The number of amides is 1. The van der Waals surface area contributed by atoms with Gasteiger partial charge in [0.05, 0.1) is 11.9 Å². The Morgan fingerprint density at radius 3 is 3.00 bits per heavy atom. The van der Waals surface area contributed by atoms with Crippen LogP contribution in [0.2, 0.25) is 0 Å². The van der Waals surface area contributed by atoms with Crippen molar-refractivity contribution in [2.45, 2.75) is 6.54 Å². The lowest BCUT2D eigenvalue weighted by Gasteiger charge is -2.07. The van der Waals surface area contributed by atoms with Gasteiger partial charge in [0.15, 0.2) is 0 Å². The summed E-state index contributed by atoms with van der Waals surface area (Å²) >= 11 is 3.45. The number of fused-ring (bicyclic) bond motifs is 1. The van der Waals surface area contributed by atoms with E-state index in [1.54, 1.807) is 18.5 Å². The second kappa shape index (κ2) is 5.46. The molecule has 0 aliphatic carbocycles. The highest BCUT2D eigenvalue weighted by molar-refractivity contribution is 9.10. The molecule has 5 heteroatoms. The second-order valence-corrected chi connectivity index (χ2v) is 5.35. The maximum Gasteiger partial charge on any atom is 0.244 e. The van der Waals surface area contributed by atoms with Crippen LogP contribution in [-0.4, -0.2) is 15.5 Å². The van der Waals surface area contributed by atoms with Crippen LogP contribution in [0.5, 0.6) is 0 Å². The highest BCUT2D eigenvalue weighted by Crippen LogP contribution is 2.21. The third-order valence-corrected chi connectivity index (χ3v) is 3.49. The van der Waals surface area contributed by atoms with E-state index in [-0.39, 0.29) is 12.5 Å².